The molecule has 4 atom stereocenters. The molecule has 0 spiro atoms. The topological polar surface area (TPSA) is 59.3 Å². The number of piperazine rings is 1. The number of aromatic nitrogens is 4. The Morgan fingerprint density at radius 2 is 1.88 bits per heavy atom. The smallest absolute Gasteiger partial charge is 0.248 e. The van der Waals surface area contributed by atoms with Gasteiger partial charge in [-0.2, -0.15) is 9.97 Å². The van der Waals surface area contributed by atoms with Crippen LogP contribution >= 0.6 is 23.2 Å². The fourth-order valence-corrected chi connectivity index (χ4v) is 6.96. The van der Waals surface area contributed by atoms with Crippen LogP contribution in [0.15, 0.2) is 18.2 Å². The lowest BCUT2D eigenvalue weighted by molar-refractivity contribution is -0.137. The third-order valence-corrected chi connectivity index (χ3v) is 9.14. The molecule has 7 nitrogen and oxygen atoms in total. The van der Waals surface area contributed by atoms with Gasteiger partial charge in [-0.25, -0.2) is 18.2 Å². The molecule has 1 saturated carbocycles. The van der Waals surface area contributed by atoms with Crippen LogP contribution in [0.4, 0.5) is 19.0 Å². The van der Waals surface area contributed by atoms with Crippen molar-refractivity contribution in [1.82, 2.24) is 24.4 Å². The number of ether oxygens (including phenoxy) is 1. The molecule has 40 heavy (non-hydrogen) atoms. The summed E-state index contributed by atoms with van der Waals surface area (Å²) in [5.74, 6) is -2.03. The fourth-order valence-electron chi connectivity index (χ4n) is 6.68. The Labute approximate surface area is 241 Å². The quantitative estimate of drug-likeness (QED) is 0.305. The lowest BCUT2D eigenvalue weighted by Gasteiger charge is -2.52. The third kappa shape index (κ3) is 5.16. The predicted octanol–water partition coefficient (Wildman–Crippen LogP) is 6.45. The van der Waals surface area contributed by atoms with Crippen LogP contribution in [0.25, 0.3) is 11.2 Å². The Morgan fingerprint density at radius 1 is 1.10 bits per heavy atom. The van der Waals surface area contributed by atoms with E-state index in [1.165, 1.54) is 12.1 Å². The summed E-state index contributed by atoms with van der Waals surface area (Å²) < 4.78 is 50.4. The van der Waals surface area contributed by atoms with Crippen molar-refractivity contribution in [2.75, 3.05) is 24.6 Å². The minimum absolute atomic E-state index is 0.0200. The normalized spacial score (nSPS) is 26.4. The maximum absolute atomic E-state index is 14.5. The molecule has 1 unspecified atom stereocenters. The number of rotatable bonds is 6. The van der Waals surface area contributed by atoms with Gasteiger partial charge in [-0.1, -0.05) is 17.7 Å². The Bertz CT molecular complexity index is 1410. The molecular formula is C28H33Cl2F3N6O. The van der Waals surface area contributed by atoms with E-state index in [1.54, 1.807) is 6.07 Å². The maximum Gasteiger partial charge on any atom is 0.248 e. The third-order valence-electron chi connectivity index (χ3n) is 8.67. The van der Waals surface area contributed by atoms with Crippen LogP contribution in [-0.2, 0) is 11.3 Å². The molecule has 12 heteroatoms. The van der Waals surface area contributed by atoms with Crippen LogP contribution in [-0.4, -0.2) is 68.2 Å². The molecule has 2 saturated heterocycles. The van der Waals surface area contributed by atoms with Gasteiger partial charge >= 0.3 is 0 Å². The monoisotopic (exact) mass is 596 g/mol. The number of nitrogens with zero attached hydrogens (tertiary/aromatic N) is 6. The Balaban J connectivity index is 1.31. The molecule has 0 bridgehead atoms. The summed E-state index contributed by atoms with van der Waals surface area (Å²) in [5, 5.41) is 0.163. The number of fused-ring (bicyclic) bond motifs is 1. The van der Waals surface area contributed by atoms with Crippen LogP contribution < -0.4 is 4.90 Å². The van der Waals surface area contributed by atoms with Gasteiger partial charge in [0.25, 0.3) is 0 Å². The molecule has 0 amide bonds. The highest BCUT2D eigenvalue weighted by atomic mass is 35.5. The van der Waals surface area contributed by atoms with E-state index in [0.717, 1.165) is 25.3 Å². The van der Waals surface area contributed by atoms with E-state index >= 15 is 0 Å². The highest BCUT2D eigenvalue weighted by Gasteiger charge is 2.51. The first-order valence-electron chi connectivity index (χ1n) is 13.9. The molecule has 0 radical (unpaired) electrons. The Morgan fingerprint density at radius 3 is 2.55 bits per heavy atom. The zero-order chi connectivity index (χ0) is 28.3. The largest absolute Gasteiger partial charge is 0.376 e. The summed E-state index contributed by atoms with van der Waals surface area (Å²) in [6.07, 6.45) is 1.72. The highest BCUT2D eigenvalue weighted by molar-refractivity contribution is 6.30. The summed E-state index contributed by atoms with van der Waals surface area (Å²) in [5.41, 5.74) is 2.03. The van der Waals surface area contributed by atoms with Gasteiger partial charge in [0.05, 0.1) is 17.7 Å². The second kappa shape index (κ2) is 10.6. The van der Waals surface area contributed by atoms with Crippen molar-refractivity contribution in [3.8, 4) is 0 Å². The predicted molar refractivity (Wildman–Crippen MR) is 149 cm³/mol. The van der Waals surface area contributed by atoms with Crippen molar-refractivity contribution in [3.63, 3.8) is 0 Å². The van der Waals surface area contributed by atoms with Gasteiger partial charge < -0.3 is 14.2 Å². The number of imidazole rings is 1. The van der Waals surface area contributed by atoms with E-state index in [9.17, 15) is 13.2 Å². The summed E-state index contributed by atoms with van der Waals surface area (Å²) in [6, 6.07) is 4.21. The second-order valence-corrected chi connectivity index (χ2v) is 12.3. The molecule has 1 aromatic carbocycles. The van der Waals surface area contributed by atoms with Gasteiger partial charge in [-0.15, -0.1) is 0 Å². The summed E-state index contributed by atoms with van der Waals surface area (Å²) in [4.78, 5) is 18.4. The van der Waals surface area contributed by atoms with Gasteiger partial charge in [-0.05, 0) is 68.8 Å². The minimum Gasteiger partial charge on any atom is -0.376 e. The SMILES string of the molecule is Cc1nc2c(N3C[C@@H](C)N(C(c4ccc(Cl)c(F)c4)C4CC(F)(F)C4)C[C@@H]3C)nc(Cl)nc2n1C[C@@H]1CCCO1. The van der Waals surface area contributed by atoms with Crippen molar-refractivity contribution in [3.05, 3.63) is 45.7 Å². The van der Waals surface area contributed by atoms with Gasteiger partial charge in [-0.3, -0.25) is 4.90 Å². The van der Waals surface area contributed by atoms with Crippen LogP contribution in [0.3, 0.4) is 0 Å². The van der Waals surface area contributed by atoms with Crippen molar-refractivity contribution < 1.29 is 17.9 Å². The first-order valence-corrected chi connectivity index (χ1v) is 14.6. The van der Waals surface area contributed by atoms with Crippen molar-refractivity contribution >= 4 is 40.2 Å². The average molecular weight is 598 g/mol. The molecule has 1 aliphatic carbocycles. The number of benzene rings is 1. The van der Waals surface area contributed by atoms with Crippen molar-refractivity contribution in [2.24, 2.45) is 5.92 Å². The number of alkyl halides is 2. The van der Waals surface area contributed by atoms with Crippen molar-refractivity contribution in [1.29, 1.82) is 0 Å². The fraction of sp³-hybridized carbons (Fsp3) is 0.607. The van der Waals surface area contributed by atoms with E-state index in [-0.39, 0.29) is 53.3 Å². The number of hydrogen-bond acceptors (Lipinski definition) is 6. The van der Waals surface area contributed by atoms with E-state index in [4.69, 9.17) is 32.9 Å². The standard InChI is InChI=1S/C28H33Cl2F3N6O/c1-15-13-38(25-23-26(36-27(30)35-25)39(17(3)34-23)14-20-5-4-8-40-20)16(2)12-37(15)24(19-10-28(32,33)11-19)18-6-7-21(29)22(31)9-18/h6-7,9,15-16,19-20,24H,4-5,8,10-14H2,1-3H3/t15-,16+,20+,24?/m1/s1. The van der Waals surface area contributed by atoms with Gasteiger partial charge in [0.1, 0.15) is 11.6 Å². The lowest BCUT2D eigenvalue weighted by atomic mass is 9.73. The van der Waals surface area contributed by atoms with Gasteiger partial charge in [0.15, 0.2) is 17.0 Å². The van der Waals surface area contributed by atoms with E-state index < -0.39 is 11.7 Å². The number of anilines is 1. The van der Waals surface area contributed by atoms with E-state index in [1.807, 2.05) is 6.92 Å². The number of aryl methyl sites for hydroxylation is 1. The van der Waals surface area contributed by atoms with Gasteiger partial charge in [0, 0.05) is 50.7 Å². The molecule has 3 fully saturated rings. The van der Waals surface area contributed by atoms with E-state index in [0.29, 0.717) is 42.2 Å². The summed E-state index contributed by atoms with van der Waals surface area (Å²) in [7, 11) is 0. The lowest BCUT2D eigenvalue weighted by Crippen LogP contribution is -2.59. The molecule has 3 aliphatic rings. The second-order valence-electron chi connectivity index (χ2n) is 11.6. The first kappa shape index (κ1) is 28.0. The zero-order valence-electron chi connectivity index (χ0n) is 22.8. The minimum atomic E-state index is -2.69. The summed E-state index contributed by atoms with van der Waals surface area (Å²) in [6.45, 7) is 8.64. The first-order chi connectivity index (χ1) is 19.0. The van der Waals surface area contributed by atoms with E-state index in [2.05, 4.69) is 38.2 Å². The molecule has 3 aromatic rings. The molecule has 0 N–H and O–H groups in total. The zero-order valence-corrected chi connectivity index (χ0v) is 24.3. The Hall–Kier alpha value is -2.14. The van der Waals surface area contributed by atoms with Crippen LogP contribution in [0.5, 0.6) is 0 Å². The highest BCUT2D eigenvalue weighted by Crippen LogP contribution is 2.51. The Kier molecular flexibility index (Phi) is 7.42. The number of hydrogen-bond donors (Lipinski definition) is 0. The summed E-state index contributed by atoms with van der Waals surface area (Å²) >= 11 is 12.4. The number of halogens is 5. The molecule has 2 aliphatic heterocycles. The molecular weight excluding hydrogens is 564 g/mol. The molecule has 216 valence electrons. The van der Waals surface area contributed by atoms with Crippen LogP contribution in [0.2, 0.25) is 10.3 Å². The van der Waals surface area contributed by atoms with Crippen LogP contribution in [0.1, 0.15) is 57.0 Å². The van der Waals surface area contributed by atoms with Crippen LogP contribution in [0, 0.1) is 18.7 Å². The molecule has 2 aromatic heterocycles. The van der Waals surface area contributed by atoms with Gasteiger partial charge in [0.2, 0.25) is 11.2 Å². The molecule has 6 rings (SSSR count). The van der Waals surface area contributed by atoms with Crippen molar-refractivity contribution in [2.45, 2.75) is 83.2 Å². The molecule has 4 heterocycles. The average Bonchev–Trinajstić information content (AvgIpc) is 3.50. The maximum atomic E-state index is 14.5.